The Balaban J connectivity index is 1.36. The van der Waals surface area contributed by atoms with Crippen LogP contribution in [0.2, 0.25) is 0 Å². The highest BCUT2D eigenvalue weighted by molar-refractivity contribution is 7.89. The van der Waals surface area contributed by atoms with Crippen molar-refractivity contribution in [2.45, 2.75) is 36.6 Å². The molecule has 0 bridgehead atoms. The lowest BCUT2D eigenvalue weighted by atomic mass is 10.1. The fourth-order valence-electron chi connectivity index (χ4n) is 3.82. The Labute approximate surface area is 182 Å². The van der Waals surface area contributed by atoms with Crippen LogP contribution in [0.4, 0.5) is 0 Å². The Bertz CT molecular complexity index is 1100. The molecular formula is C23H26N4O3S. The highest BCUT2D eigenvalue weighted by Crippen LogP contribution is 2.22. The van der Waals surface area contributed by atoms with Crippen molar-refractivity contribution in [3.63, 3.8) is 0 Å². The predicted molar refractivity (Wildman–Crippen MR) is 118 cm³/mol. The summed E-state index contributed by atoms with van der Waals surface area (Å²) in [5, 5.41) is 7.17. The van der Waals surface area contributed by atoms with Crippen LogP contribution in [-0.4, -0.2) is 47.5 Å². The standard InChI is InChI=1S/C23H26N4O3S/c28-23(14-9-19-6-2-1-3-7-19)25-20-8-4-16-26(18-20)31(29,30)22-12-10-21(11-13-22)27-17-5-15-24-27/h1-3,5-7,10-13,15,17,20H,4,8-9,14,16,18H2,(H,25,28). The van der Waals surface area contributed by atoms with Gasteiger partial charge in [-0.15, -0.1) is 0 Å². The average molecular weight is 439 g/mol. The summed E-state index contributed by atoms with van der Waals surface area (Å²) in [5.41, 5.74) is 1.91. The lowest BCUT2D eigenvalue weighted by Crippen LogP contribution is -2.49. The second-order valence-corrected chi connectivity index (χ2v) is 9.64. The first kappa shape index (κ1) is 21.3. The molecule has 1 atom stereocenters. The molecule has 1 N–H and O–H groups in total. The van der Waals surface area contributed by atoms with Gasteiger partial charge in [-0.25, -0.2) is 13.1 Å². The fraction of sp³-hybridized carbons (Fsp3) is 0.304. The van der Waals surface area contributed by atoms with Crippen LogP contribution in [-0.2, 0) is 21.2 Å². The van der Waals surface area contributed by atoms with Crippen LogP contribution in [0.25, 0.3) is 5.69 Å². The van der Waals surface area contributed by atoms with Gasteiger partial charge < -0.3 is 5.32 Å². The van der Waals surface area contributed by atoms with Crippen LogP contribution >= 0.6 is 0 Å². The summed E-state index contributed by atoms with van der Waals surface area (Å²) < 4.78 is 29.4. The minimum absolute atomic E-state index is 0.0447. The van der Waals surface area contributed by atoms with Crippen molar-refractivity contribution in [1.29, 1.82) is 0 Å². The number of nitrogens with one attached hydrogen (secondary N) is 1. The van der Waals surface area contributed by atoms with E-state index in [0.29, 0.717) is 32.4 Å². The van der Waals surface area contributed by atoms with E-state index in [4.69, 9.17) is 0 Å². The Morgan fingerprint density at radius 2 is 1.84 bits per heavy atom. The van der Waals surface area contributed by atoms with Gasteiger partial charge in [0.2, 0.25) is 15.9 Å². The first-order valence-electron chi connectivity index (χ1n) is 10.5. The van der Waals surface area contributed by atoms with E-state index in [2.05, 4.69) is 10.4 Å². The van der Waals surface area contributed by atoms with Gasteiger partial charge >= 0.3 is 0 Å². The maximum Gasteiger partial charge on any atom is 0.243 e. The summed E-state index contributed by atoms with van der Waals surface area (Å²) in [5.74, 6) is -0.0447. The number of sulfonamides is 1. The number of amides is 1. The van der Waals surface area contributed by atoms with E-state index in [1.807, 2.05) is 36.4 Å². The van der Waals surface area contributed by atoms with Gasteiger partial charge in [0.25, 0.3) is 0 Å². The van der Waals surface area contributed by atoms with Crippen LogP contribution in [0.15, 0.2) is 78.0 Å². The minimum Gasteiger partial charge on any atom is -0.352 e. The van der Waals surface area contributed by atoms with Gasteiger partial charge in [-0.2, -0.15) is 9.40 Å². The van der Waals surface area contributed by atoms with Crippen molar-refractivity contribution in [2.75, 3.05) is 13.1 Å². The topological polar surface area (TPSA) is 84.3 Å². The molecule has 0 radical (unpaired) electrons. The summed E-state index contributed by atoms with van der Waals surface area (Å²) >= 11 is 0. The van der Waals surface area contributed by atoms with Gasteiger partial charge in [-0.1, -0.05) is 30.3 Å². The largest absolute Gasteiger partial charge is 0.352 e. The van der Waals surface area contributed by atoms with Crippen LogP contribution in [0.3, 0.4) is 0 Å². The summed E-state index contributed by atoms with van der Waals surface area (Å²) in [4.78, 5) is 12.6. The van der Waals surface area contributed by atoms with Gasteiger partial charge in [0, 0.05) is 37.9 Å². The SMILES string of the molecule is O=C(CCc1ccccc1)NC1CCCN(S(=O)(=O)c2ccc(-n3cccn3)cc2)C1. The van der Waals surface area contributed by atoms with E-state index >= 15 is 0 Å². The average Bonchev–Trinajstić information content (AvgIpc) is 3.34. The number of benzene rings is 2. The normalized spacial score (nSPS) is 17.4. The van der Waals surface area contributed by atoms with Crippen molar-refractivity contribution >= 4 is 15.9 Å². The highest BCUT2D eigenvalue weighted by Gasteiger charge is 2.30. The first-order valence-corrected chi connectivity index (χ1v) is 11.9. The molecule has 1 aliphatic heterocycles. The molecule has 1 fully saturated rings. The van der Waals surface area contributed by atoms with Crippen molar-refractivity contribution < 1.29 is 13.2 Å². The summed E-state index contributed by atoms with van der Waals surface area (Å²) in [7, 11) is -3.62. The zero-order valence-corrected chi connectivity index (χ0v) is 18.0. The van der Waals surface area contributed by atoms with Crippen LogP contribution in [0.5, 0.6) is 0 Å². The quantitative estimate of drug-likeness (QED) is 0.615. The lowest BCUT2D eigenvalue weighted by Gasteiger charge is -2.32. The van der Waals surface area contributed by atoms with E-state index in [1.54, 1.807) is 41.3 Å². The zero-order chi connectivity index (χ0) is 21.7. The monoisotopic (exact) mass is 438 g/mol. The molecule has 0 aliphatic carbocycles. The Kier molecular flexibility index (Phi) is 6.48. The lowest BCUT2D eigenvalue weighted by molar-refractivity contribution is -0.122. The molecule has 162 valence electrons. The van der Waals surface area contributed by atoms with Gasteiger partial charge in [0.1, 0.15) is 0 Å². The van der Waals surface area contributed by atoms with Crippen molar-refractivity contribution in [2.24, 2.45) is 0 Å². The third kappa shape index (κ3) is 5.21. The van der Waals surface area contributed by atoms with Crippen LogP contribution < -0.4 is 5.32 Å². The first-order chi connectivity index (χ1) is 15.0. The number of hydrogen-bond acceptors (Lipinski definition) is 4. The molecule has 0 saturated carbocycles. The van der Waals surface area contributed by atoms with Crippen molar-refractivity contribution in [3.05, 3.63) is 78.6 Å². The molecule has 31 heavy (non-hydrogen) atoms. The number of nitrogens with zero attached hydrogens (tertiary/aromatic N) is 3. The van der Waals surface area contributed by atoms with E-state index in [1.165, 1.54) is 4.31 Å². The molecule has 2 heterocycles. The molecule has 8 heteroatoms. The van der Waals surface area contributed by atoms with Gasteiger partial charge in [-0.05, 0) is 55.2 Å². The zero-order valence-electron chi connectivity index (χ0n) is 17.2. The number of piperidine rings is 1. The van der Waals surface area contributed by atoms with E-state index in [0.717, 1.165) is 17.7 Å². The molecule has 1 amide bonds. The molecule has 1 aromatic heterocycles. The van der Waals surface area contributed by atoms with Crippen LogP contribution in [0, 0.1) is 0 Å². The second-order valence-electron chi connectivity index (χ2n) is 7.70. The molecule has 0 spiro atoms. The highest BCUT2D eigenvalue weighted by atomic mass is 32.2. The van der Waals surface area contributed by atoms with Gasteiger partial charge in [-0.3, -0.25) is 4.79 Å². The second kappa shape index (κ2) is 9.45. The maximum atomic E-state index is 13.1. The maximum absolute atomic E-state index is 13.1. The molecule has 2 aromatic carbocycles. The minimum atomic E-state index is -3.62. The van der Waals surface area contributed by atoms with Crippen molar-refractivity contribution in [1.82, 2.24) is 19.4 Å². The number of aryl methyl sites for hydroxylation is 1. The number of carbonyl (C=O) groups is 1. The number of carbonyl (C=O) groups excluding carboxylic acids is 1. The summed E-state index contributed by atoms with van der Waals surface area (Å²) in [6, 6.07) is 18.2. The molecule has 1 aliphatic rings. The number of rotatable bonds is 7. The third-order valence-corrected chi connectivity index (χ3v) is 7.36. The molecule has 3 aromatic rings. The fourth-order valence-corrected chi connectivity index (χ4v) is 5.35. The van der Waals surface area contributed by atoms with Gasteiger partial charge in [0.05, 0.1) is 10.6 Å². The van der Waals surface area contributed by atoms with E-state index in [9.17, 15) is 13.2 Å². The van der Waals surface area contributed by atoms with Crippen LogP contribution in [0.1, 0.15) is 24.8 Å². The number of aromatic nitrogens is 2. The van der Waals surface area contributed by atoms with Gasteiger partial charge in [0.15, 0.2) is 0 Å². The Morgan fingerprint density at radius 3 is 2.55 bits per heavy atom. The van der Waals surface area contributed by atoms with E-state index < -0.39 is 10.0 Å². The Morgan fingerprint density at radius 1 is 1.06 bits per heavy atom. The summed E-state index contributed by atoms with van der Waals surface area (Å²) in [6.45, 7) is 0.750. The predicted octanol–water partition coefficient (Wildman–Crippen LogP) is 2.77. The third-order valence-electron chi connectivity index (χ3n) is 5.48. The molecule has 1 unspecified atom stereocenters. The molecule has 7 nitrogen and oxygen atoms in total. The Hall–Kier alpha value is -2.97. The molecule has 4 rings (SSSR count). The molecule has 1 saturated heterocycles. The van der Waals surface area contributed by atoms with E-state index in [-0.39, 0.29) is 16.8 Å². The smallest absolute Gasteiger partial charge is 0.243 e. The summed E-state index contributed by atoms with van der Waals surface area (Å²) in [6.07, 6.45) is 6.04. The van der Waals surface area contributed by atoms with Crippen molar-refractivity contribution in [3.8, 4) is 5.69 Å². The number of hydrogen-bond donors (Lipinski definition) is 1. The molecular weight excluding hydrogens is 412 g/mol.